The number of fused-ring (bicyclic) bond motifs is 7. The smallest absolute Gasteiger partial charge is 0.154 e. The molecule has 6 aromatic rings. The predicted molar refractivity (Wildman–Crippen MR) is 111 cm³/mol. The van der Waals surface area contributed by atoms with Crippen LogP contribution >= 0.6 is 11.6 Å². The van der Waals surface area contributed by atoms with Crippen LogP contribution < -0.4 is 0 Å². The van der Waals surface area contributed by atoms with Crippen molar-refractivity contribution >= 4 is 55.5 Å². The molecule has 0 saturated carbocycles. The Balaban J connectivity index is 1.82. The average molecular weight is 369 g/mol. The average Bonchev–Trinajstić information content (AvgIpc) is 3.26. The molecule has 0 atom stereocenters. The van der Waals surface area contributed by atoms with E-state index in [4.69, 9.17) is 20.4 Å². The van der Waals surface area contributed by atoms with Crippen molar-refractivity contribution in [1.29, 1.82) is 0 Å². The van der Waals surface area contributed by atoms with Crippen molar-refractivity contribution < 1.29 is 8.83 Å². The summed E-state index contributed by atoms with van der Waals surface area (Å²) >= 11 is 6.61. The van der Waals surface area contributed by atoms with Crippen LogP contribution in [0.1, 0.15) is 0 Å². The molecule has 0 amide bonds. The first-order chi connectivity index (χ1) is 13.3. The lowest BCUT2D eigenvalue weighted by atomic mass is 10.0. The van der Waals surface area contributed by atoms with E-state index in [0.717, 1.165) is 49.4 Å². The number of hydrogen-bond acceptors (Lipinski definition) is 2. The maximum absolute atomic E-state index is 6.61. The first kappa shape index (κ1) is 14.9. The summed E-state index contributed by atoms with van der Waals surface area (Å²) in [6, 6.07) is 26.4. The highest BCUT2D eigenvalue weighted by Crippen LogP contribution is 2.43. The summed E-state index contributed by atoms with van der Waals surface area (Å²) in [5.74, 6) is 0. The molecule has 6 rings (SSSR count). The van der Waals surface area contributed by atoms with Crippen molar-refractivity contribution in [3.05, 3.63) is 83.9 Å². The van der Waals surface area contributed by atoms with Crippen LogP contribution in [0.25, 0.3) is 55.0 Å². The highest BCUT2D eigenvalue weighted by atomic mass is 35.5. The fourth-order valence-electron chi connectivity index (χ4n) is 3.94. The third-order valence-corrected chi connectivity index (χ3v) is 5.42. The molecule has 0 fully saturated rings. The van der Waals surface area contributed by atoms with E-state index in [-0.39, 0.29) is 0 Å². The largest absolute Gasteiger partial charge is 0.456 e. The molecule has 2 nitrogen and oxygen atoms in total. The summed E-state index contributed by atoms with van der Waals surface area (Å²) in [5, 5.41) is 4.83. The molecule has 0 saturated heterocycles. The predicted octanol–water partition coefficient (Wildman–Crippen LogP) is 7.81. The summed E-state index contributed by atoms with van der Waals surface area (Å²) in [4.78, 5) is 0. The van der Waals surface area contributed by atoms with Crippen LogP contribution in [0.2, 0.25) is 5.02 Å². The summed E-state index contributed by atoms with van der Waals surface area (Å²) in [6.07, 6.45) is 0. The minimum Gasteiger partial charge on any atom is -0.456 e. The molecule has 0 spiro atoms. The topological polar surface area (TPSA) is 26.3 Å². The van der Waals surface area contributed by atoms with Crippen LogP contribution in [0.3, 0.4) is 0 Å². The number of hydrogen-bond donors (Lipinski definition) is 0. The Labute approximate surface area is 159 Å². The van der Waals surface area contributed by atoms with Gasteiger partial charge in [-0.15, -0.1) is 0 Å². The van der Waals surface area contributed by atoms with Crippen LogP contribution in [0.5, 0.6) is 0 Å². The van der Waals surface area contributed by atoms with Crippen LogP contribution in [-0.2, 0) is 0 Å². The fraction of sp³-hybridized carbons (Fsp3) is 0. The molecular formula is C24H13ClO2. The van der Waals surface area contributed by atoms with Crippen molar-refractivity contribution in [1.82, 2.24) is 0 Å². The van der Waals surface area contributed by atoms with Crippen molar-refractivity contribution in [3.8, 4) is 11.1 Å². The fourth-order valence-corrected chi connectivity index (χ4v) is 4.20. The first-order valence-corrected chi connectivity index (χ1v) is 9.19. The zero-order chi connectivity index (χ0) is 18.0. The second-order valence-electron chi connectivity index (χ2n) is 6.71. The highest BCUT2D eigenvalue weighted by Gasteiger charge is 2.18. The Morgan fingerprint density at radius 2 is 1.26 bits per heavy atom. The van der Waals surface area contributed by atoms with E-state index in [9.17, 15) is 0 Å². The summed E-state index contributed by atoms with van der Waals surface area (Å²) in [7, 11) is 0. The van der Waals surface area contributed by atoms with Gasteiger partial charge in [0.1, 0.15) is 16.7 Å². The first-order valence-electron chi connectivity index (χ1n) is 8.81. The minimum atomic E-state index is 0.614. The third kappa shape index (κ3) is 2.08. The van der Waals surface area contributed by atoms with Gasteiger partial charge in [-0.2, -0.15) is 0 Å². The maximum atomic E-state index is 6.61. The number of benzene rings is 4. The quantitative estimate of drug-likeness (QED) is 0.296. The Kier molecular flexibility index (Phi) is 2.97. The van der Waals surface area contributed by atoms with Crippen LogP contribution in [0.4, 0.5) is 0 Å². The molecule has 0 bridgehead atoms. The Bertz CT molecular complexity index is 1470. The zero-order valence-corrected chi connectivity index (χ0v) is 15.0. The molecule has 0 aliphatic carbocycles. The summed E-state index contributed by atoms with van der Waals surface area (Å²) in [6.45, 7) is 0. The van der Waals surface area contributed by atoms with E-state index in [1.54, 1.807) is 0 Å². The molecule has 2 aromatic heterocycles. The molecular weight excluding hydrogens is 356 g/mol. The number of para-hydroxylation sites is 1. The zero-order valence-electron chi connectivity index (χ0n) is 14.2. The maximum Gasteiger partial charge on any atom is 0.154 e. The van der Waals surface area contributed by atoms with Gasteiger partial charge in [-0.25, -0.2) is 0 Å². The molecule has 2 heterocycles. The summed E-state index contributed by atoms with van der Waals surface area (Å²) < 4.78 is 12.2. The SMILES string of the molecule is Clc1cc(-c2ccccc2)cc2c1oc1ccc3oc4ccccc4c3c12. The van der Waals surface area contributed by atoms with Crippen LogP contribution in [0.15, 0.2) is 87.7 Å². The van der Waals surface area contributed by atoms with Gasteiger partial charge in [0.05, 0.1) is 5.02 Å². The van der Waals surface area contributed by atoms with Crippen LogP contribution in [-0.4, -0.2) is 0 Å². The third-order valence-electron chi connectivity index (χ3n) is 5.14. The van der Waals surface area contributed by atoms with Gasteiger partial charge in [-0.05, 0) is 41.5 Å². The van der Waals surface area contributed by atoms with Gasteiger partial charge in [0.25, 0.3) is 0 Å². The monoisotopic (exact) mass is 368 g/mol. The number of rotatable bonds is 1. The van der Waals surface area contributed by atoms with E-state index < -0.39 is 0 Å². The van der Waals surface area contributed by atoms with Crippen molar-refractivity contribution in [3.63, 3.8) is 0 Å². The van der Waals surface area contributed by atoms with E-state index in [1.165, 1.54) is 0 Å². The summed E-state index contributed by atoms with van der Waals surface area (Å²) in [5.41, 5.74) is 5.45. The normalized spacial score (nSPS) is 11.9. The molecule has 0 N–H and O–H groups in total. The lowest BCUT2D eigenvalue weighted by Gasteiger charge is -2.03. The Morgan fingerprint density at radius 3 is 2.11 bits per heavy atom. The minimum absolute atomic E-state index is 0.614. The number of furan rings is 2. The van der Waals surface area contributed by atoms with E-state index >= 15 is 0 Å². The standard InChI is InChI=1S/C24H13ClO2/c25-18-13-15(14-6-2-1-3-7-14)12-17-23-21(27-24(17)18)11-10-20-22(23)16-8-4-5-9-19(16)26-20/h1-13H. The number of halogens is 1. The highest BCUT2D eigenvalue weighted by molar-refractivity contribution is 6.37. The molecule has 3 heteroatoms. The van der Waals surface area contributed by atoms with Crippen LogP contribution in [0, 0.1) is 0 Å². The molecule has 4 aromatic carbocycles. The van der Waals surface area contributed by atoms with Gasteiger partial charge in [-0.1, -0.05) is 60.1 Å². The Hall–Kier alpha value is -3.23. The van der Waals surface area contributed by atoms with Crippen molar-refractivity contribution in [2.45, 2.75) is 0 Å². The van der Waals surface area contributed by atoms with Crippen molar-refractivity contribution in [2.24, 2.45) is 0 Å². The van der Waals surface area contributed by atoms with E-state index in [0.29, 0.717) is 10.6 Å². The van der Waals surface area contributed by atoms with Gasteiger partial charge < -0.3 is 8.83 Å². The van der Waals surface area contributed by atoms with Gasteiger partial charge in [0.15, 0.2) is 5.58 Å². The lowest BCUT2D eigenvalue weighted by Crippen LogP contribution is -1.78. The van der Waals surface area contributed by atoms with Gasteiger partial charge in [0, 0.05) is 21.5 Å². The van der Waals surface area contributed by atoms with E-state index in [2.05, 4.69) is 24.3 Å². The van der Waals surface area contributed by atoms with Gasteiger partial charge in [0.2, 0.25) is 0 Å². The molecule has 27 heavy (non-hydrogen) atoms. The molecule has 0 unspecified atom stereocenters. The molecule has 0 aliphatic heterocycles. The Morgan fingerprint density at radius 1 is 0.556 bits per heavy atom. The lowest BCUT2D eigenvalue weighted by molar-refractivity contribution is 0.663. The second kappa shape index (κ2) is 5.38. The van der Waals surface area contributed by atoms with Crippen molar-refractivity contribution in [2.75, 3.05) is 0 Å². The molecule has 0 radical (unpaired) electrons. The van der Waals surface area contributed by atoms with Gasteiger partial charge >= 0.3 is 0 Å². The van der Waals surface area contributed by atoms with Gasteiger partial charge in [-0.3, -0.25) is 0 Å². The second-order valence-corrected chi connectivity index (χ2v) is 7.12. The van der Waals surface area contributed by atoms with E-state index in [1.807, 2.05) is 54.6 Å². The molecule has 128 valence electrons. The molecule has 0 aliphatic rings.